The van der Waals surface area contributed by atoms with Gasteiger partial charge in [-0.25, -0.2) is 4.79 Å². The van der Waals surface area contributed by atoms with Crippen molar-refractivity contribution >= 4 is 29.5 Å². The maximum atomic E-state index is 12.8. The van der Waals surface area contributed by atoms with E-state index in [1.807, 2.05) is 18.2 Å². The summed E-state index contributed by atoms with van der Waals surface area (Å²) >= 11 is 0. The molecule has 0 aliphatic rings. The zero-order valence-corrected chi connectivity index (χ0v) is 15.5. The van der Waals surface area contributed by atoms with Crippen LogP contribution in [0.4, 0.5) is 5.69 Å². The Morgan fingerprint density at radius 1 is 0.966 bits per heavy atom. The van der Waals surface area contributed by atoms with Gasteiger partial charge < -0.3 is 19.8 Å². The molecule has 7 heteroatoms. The van der Waals surface area contributed by atoms with Crippen LogP contribution in [-0.4, -0.2) is 24.9 Å². The van der Waals surface area contributed by atoms with Crippen molar-refractivity contribution in [1.82, 2.24) is 5.32 Å². The van der Waals surface area contributed by atoms with Crippen LogP contribution in [-0.2, 0) is 9.53 Å². The van der Waals surface area contributed by atoms with Crippen molar-refractivity contribution in [2.24, 2.45) is 0 Å². The lowest BCUT2D eigenvalue weighted by molar-refractivity contribution is -0.113. The summed E-state index contributed by atoms with van der Waals surface area (Å²) < 4.78 is 9.76. The van der Waals surface area contributed by atoms with Crippen LogP contribution < -0.4 is 10.6 Å². The minimum absolute atomic E-state index is 0.0149. The molecule has 0 bridgehead atoms. The third-order valence-electron chi connectivity index (χ3n) is 3.89. The van der Waals surface area contributed by atoms with Gasteiger partial charge in [0.1, 0.15) is 5.70 Å². The molecule has 1 aromatic heterocycles. The summed E-state index contributed by atoms with van der Waals surface area (Å²) in [6, 6.07) is 18.4. The zero-order chi connectivity index (χ0) is 20.6. The van der Waals surface area contributed by atoms with Crippen LogP contribution in [0.2, 0.25) is 0 Å². The first-order valence-corrected chi connectivity index (χ1v) is 8.68. The minimum atomic E-state index is -0.560. The molecule has 3 aromatic rings. The number of ether oxygens (including phenoxy) is 1. The number of furan rings is 1. The second kappa shape index (κ2) is 9.18. The van der Waals surface area contributed by atoms with E-state index in [-0.39, 0.29) is 11.5 Å². The summed E-state index contributed by atoms with van der Waals surface area (Å²) in [6.07, 6.45) is 2.91. The van der Waals surface area contributed by atoms with E-state index in [4.69, 9.17) is 4.42 Å². The third kappa shape index (κ3) is 5.20. The number of anilines is 1. The predicted octanol–water partition coefficient (Wildman–Crippen LogP) is 3.48. The molecule has 2 amide bonds. The molecule has 0 unspecified atom stereocenters. The van der Waals surface area contributed by atoms with E-state index in [9.17, 15) is 14.4 Å². The van der Waals surface area contributed by atoms with Crippen molar-refractivity contribution in [3.8, 4) is 0 Å². The molecule has 29 heavy (non-hydrogen) atoms. The molecular weight excluding hydrogens is 372 g/mol. The number of carbonyl (C=O) groups excluding carboxylic acids is 3. The number of carbonyl (C=O) groups is 3. The summed E-state index contributed by atoms with van der Waals surface area (Å²) in [5.41, 5.74) is 1.41. The fourth-order valence-corrected chi connectivity index (χ4v) is 2.51. The van der Waals surface area contributed by atoms with Gasteiger partial charge in [0.15, 0.2) is 5.76 Å². The Hall–Kier alpha value is -4.13. The quantitative estimate of drug-likeness (QED) is 0.496. The van der Waals surface area contributed by atoms with E-state index in [0.29, 0.717) is 11.3 Å². The summed E-state index contributed by atoms with van der Waals surface area (Å²) in [5.74, 6) is -1.57. The maximum absolute atomic E-state index is 12.8. The van der Waals surface area contributed by atoms with Gasteiger partial charge in [0.2, 0.25) is 0 Å². The Kier molecular flexibility index (Phi) is 6.22. The van der Waals surface area contributed by atoms with E-state index in [1.165, 1.54) is 25.5 Å². The number of benzene rings is 2. The number of hydrogen-bond acceptors (Lipinski definition) is 5. The summed E-state index contributed by atoms with van der Waals surface area (Å²) in [4.78, 5) is 36.9. The van der Waals surface area contributed by atoms with Crippen molar-refractivity contribution in [2.75, 3.05) is 12.4 Å². The largest absolute Gasteiger partial charge is 0.465 e. The molecule has 3 rings (SSSR count). The highest BCUT2D eigenvalue weighted by Gasteiger charge is 2.17. The fourth-order valence-electron chi connectivity index (χ4n) is 2.51. The number of amides is 2. The second-order valence-corrected chi connectivity index (χ2v) is 5.93. The molecule has 2 N–H and O–H groups in total. The lowest BCUT2D eigenvalue weighted by atomic mass is 10.1. The Balaban J connectivity index is 1.85. The molecule has 2 aromatic carbocycles. The van der Waals surface area contributed by atoms with E-state index < -0.39 is 17.8 Å². The molecule has 0 aliphatic heterocycles. The Morgan fingerprint density at radius 2 is 1.76 bits per heavy atom. The predicted molar refractivity (Wildman–Crippen MR) is 107 cm³/mol. The fraction of sp³-hybridized carbons (Fsp3) is 0.0455. The highest BCUT2D eigenvalue weighted by Crippen LogP contribution is 2.14. The van der Waals surface area contributed by atoms with Gasteiger partial charge in [0.05, 0.1) is 18.9 Å². The number of nitrogens with one attached hydrogen (secondary N) is 2. The summed E-state index contributed by atoms with van der Waals surface area (Å²) in [6.45, 7) is 0. The number of rotatable bonds is 6. The van der Waals surface area contributed by atoms with Gasteiger partial charge in [0, 0.05) is 5.69 Å². The minimum Gasteiger partial charge on any atom is -0.465 e. The van der Waals surface area contributed by atoms with Crippen molar-refractivity contribution in [3.05, 3.63) is 95.6 Å². The number of esters is 1. The van der Waals surface area contributed by atoms with Crippen LogP contribution in [0.25, 0.3) is 6.08 Å². The van der Waals surface area contributed by atoms with Crippen LogP contribution in [0.15, 0.2) is 83.1 Å². The number of methoxy groups -OCH3 is 1. The van der Waals surface area contributed by atoms with Crippen LogP contribution in [0.1, 0.15) is 26.5 Å². The first-order chi connectivity index (χ1) is 14.1. The third-order valence-corrected chi connectivity index (χ3v) is 3.89. The Morgan fingerprint density at radius 3 is 2.45 bits per heavy atom. The Labute approximate surface area is 167 Å². The van der Waals surface area contributed by atoms with Gasteiger partial charge in [-0.05, 0) is 42.0 Å². The Bertz CT molecular complexity index is 1040. The first kappa shape index (κ1) is 19.6. The lowest BCUT2D eigenvalue weighted by Gasteiger charge is -2.11. The highest BCUT2D eigenvalue weighted by molar-refractivity contribution is 6.10. The van der Waals surface area contributed by atoms with E-state index in [1.54, 1.807) is 42.5 Å². The molecule has 0 saturated heterocycles. The average molecular weight is 390 g/mol. The van der Waals surface area contributed by atoms with Gasteiger partial charge in [-0.1, -0.05) is 36.4 Å². The lowest BCUT2D eigenvalue weighted by Crippen LogP contribution is -2.30. The van der Waals surface area contributed by atoms with Crippen LogP contribution in [0.3, 0.4) is 0 Å². The van der Waals surface area contributed by atoms with Crippen LogP contribution >= 0.6 is 0 Å². The SMILES string of the molecule is COC(=O)c1cccc(NC(=O)/C(=C\c2ccccc2)NC(=O)c2ccco2)c1. The molecule has 7 nitrogen and oxygen atoms in total. The topological polar surface area (TPSA) is 97.6 Å². The van der Waals surface area contributed by atoms with Gasteiger partial charge in [-0.2, -0.15) is 0 Å². The molecule has 0 atom stereocenters. The van der Waals surface area contributed by atoms with Crippen LogP contribution in [0, 0.1) is 0 Å². The molecule has 0 saturated carbocycles. The van der Waals surface area contributed by atoms with Gasteiger partial charge in [-0.3, -0.25) is 9.59 Å². The highest BCUT2D eigenvalue weighted by atomic mass is 16.5. The zero-order valence-electron chi connectivity index (χ0n) is 15.5. The molecule has 0 spiro atoms. The van der Waals surface area contributed by atoms with E-state index in [2.05, 4.69) is 15.4 Å². The van der Waals surface area contributed by atoms with Crippen molar-refractivity contribution in [3.63, 3.8) is 0 Å². The summed E-state index contributed by atoms with van der Waals surface area (Å²) in [5, 5.41) is 5.23. The molecule has 0 fully saturated rings. The van der Waals surface area contributed by atoms with Crippen molar-refractivity contribution < 1.29 is 23.5 Å². The second-order valence-electron chi connectivity index (χ2n) is 5.93. The number of hydrogen-bond donors (Lipinski definition) is 2. The van der Waals surface area contributed by atoms with Gasteiger partial charge in [0.25, 0.3) is 11.8 Å². The van der Waals surface area contributed by atoms with E-state index >= 15 is 0 Å². The molecule has 0 radical (unpaired) electrons. The molecule has 146 valence electrons. The molecular formula is C22H18N2O5. The van der Waals surface area contributed by atoms with Gasteiger partial charge >= 0.3 is 5.97 Å². The van der Waals surface area contributed by atoms with Crippen molar-refractivity contribution in [2.45, 2.75) is 0 Å². The normalized spacial score (nSPS) is 10.9. The van der Waals surface area contributed by atoms with Gasteiger partial charge in [-0.15, -0.1) is 0 Å². The molecule has 0 aliphatic carbocycles. The monoisotopic (exact) mass is 390 g/mol. The van der Waals surface area contributed by atoms with Crippen LogP contribution in [0.5, 0.6) is 0 Å². The summed E-state index contributed by atoms with van der Waals surface area (Å²) in [7, 11) is 1.28. The smallest absolute Gasteiger partial charge is 0.337 e. The van der Waals surface area contributed by atoms with Crippen molar-refractivity contribution in [1.29, 1.82) is 0 Å². The van der Waals surface area contributed by atoms with E-state index in [0.717, 1.165) is 5.56 Å². The molecule has 1 heterocycles. The first-order valence-electron chi connectivity index (χ1n) is 8.68. The standard InChI is InChI=1S/C22H18N2O5/c1-28-22(27)16-9-5-10-17(14-16)23-20(25)18(13-15-7-3-2-4-8-15)24-21(26)19-11-6-12-29-19/h2-14H,1H3,(H,23,25)(H,24,26)/b18-13+. The average Bonchev–Trinajstić information content (AvgIpc) is 3.28. The maximum Gasteiger partial charge on any atom is 0.337 e.